The fourth-order valence-corrected chi connectivity index (χ4v) is 5.62. The van der Waals surface area contributed by atoms with Gasteiger partial charge in [-0.3, -0.25) is 9.36 Å². The van der Waals surface area contributed by atoms with Crippen LogP contribution >= 0.6 is 0 Å². The molecular formula is C34H34N8O3. The number of nitrogens with one attached hydrogen (secondary N) is 1. The first-order chi connectivity index (χ1) is 21.9. The Morgan fingerprint density at radius 2 is 1.62 bits per heavy atom. The van der Waals surface area contributed by atoms with Gasteiger partial charge in [0.1, 0.15) is 16.9 Å². The molecule has 11 heteroatoms. The molecule has 0 aliphatic heterocycles. The van der Waals surface area contributed by atoms with Crippen molar-refractivity contribution in [3.8, 4) is 28.2 Å². The van der Waals surface area contributed by atoms with Crippen molar-refractivity contribution in [1.82, 2.24) is 40.0 Å². The summed E-state index contributed by atoms with van der Waals surface area (Å²) in [5.74, 6) is 0.703. The molecule has 1 unspecified atom stereocenters. The largest absolute Gasteiger partial charge is 0.461 e. The van der Waals surface area contributed by atoms with Crippen LogP contribution in [0.4, 0.5) is 0 Å². The van der Waals surface area contributed by atoms with E-state index in [0.29, 0.717) is 34.5 Å². The minimum absolute atomic E-state index is 0.346. The van der Waals surface area contributed by atoms with Crippen LogP contribution in [0, 0.1) is 6.92 Å². The maximum atomic E-state index is 14.7. The summed E-state index contributed by atoms with van der Waals surface area (Å²) in [7, 11) is 0. The predicted molar refractivity (Wildman–Crippen MR) is 171 cm³/mol. The number of aromatic nitrogens is 8. The molecule has 0 aliphatic carbocycles. The van der Waals surface area contributed by atoms with E-state index in [1.165, 1.54) is 4.68 Å². The van der Waals surface area contributed by atoms with E-state index < -0.39 is 17.6 Å². The van der Waals surface area contributed by atoms with Crippen molar-refractivity contribution >= 4 is 17.0 Å². The maximum absolute atomic E-state index is 14.7. The molecule has 11 nitrogen and oxygen atoms in total. The number of imidazole rings is 1. The number of hydrogen-bond acceptors (Lipinski definition) is 8. The van der Waals surface area contributed by atoms with Crippen LogP contribution in [0.5, 0.6) is 0 Å². The second kappa shape index (κ2) is 12.7. The van der Waals surface area contributed by atoms with E-state index in [1.54, 1.807) is 26.0 Å². The van der Waals surface area contributed by atoms with Crippen LogP contribution in [0.25, 0.3) is 39.2 Å². The van der Waals surface area contributed by atoms with Gasteiger partial charge in [-0.25, -0.2) is 19.6 Å². The third kappa shape index (κ3) is 5.64. The first kappa shape index (κ1) is 29.6. The smallest absolute Gasteiger partial charge is 0.335 e. The Labute approximate surface area is 259 Å². The van der Waals surface area contributed by atoms with Gasteiger partial charge in [0.25, 0.3) is 5.56 Å². The lowest BCUT2D eigenvalue weighted by Crippen LogP contribution is -2.36. The molecule has 0 bridgehead atoms. The summed E-state index contributed by atoms with van der Waals surface area (Å²) in [6.07, 6.45) is 2.09. The van der Waals surface area contributed by atoms with Crippen LogP contribution in [0.15, 0.2) is 83.7 Å². The first-order valence-electron chi connectivity index (χ1n) is 15.1. The Kier molecular flexibility index (Phi) is 8.33. The molecule has 6 rings (SSSR count). The van der Waals surface area contributed by atoms with Crippen molar-refractivity contribution in [3.63, 3.8) is 0 Å². The highest BCUT2D eigenvalue weighted by Gasteiger charge is 2.31. The highest BCUT2D eigenvalue weighted by atomic mass is 16.5. The van der Waals surface area contributed by atoms with Crippen LogP contribution in [-0.2, 0) is 16.0 Å². The topological polar surface area (TPSA) is 133 Å². The monoisotopic (exact) mass is 602 g/mol. The van der Waals surface area contributed by atoms with Gasteiger partial charge in [-0.1, -0.05) is 86.1 Å². The van der Waals surface area contributed by atoms with Crippen LogP contribution < -0.4 is 5.56 Å². The Morgan fingerprint density at radius 3 is 2.31 bits per heavy atom. The Morgan fingerprint density at radius 1 is 0.933 bits per heavy atom. The number of carbonyl (C=O) groups excluding carboxylic acids is 1. The quantitative estimate of drug-likeness (QED) is 0.200. The number of tetrazole rings is 1. The molecular weight excluding hydrogens is 568 g/mol. The number of unbranched alkanes of at least 4 members (excludes halogenated alkanes) is 1. The summed E-state index contributed by atoms with van der Waals surface area (Å²) in [5, 5.41) is 19.2. The van der Waals surface area contributed by atoms with Crippen molar-refractivity contribution in [2.24, 2.45) is 0 Å². The number of para-hydroxylation sites is 1. The second-order valence-electron chi connectivity index (χ2n) is 11.1. The zero-order chi connectivity index (χ0) is 31.5. The normalized spacial score (nSPS) is 12.1. The number of benzene rings is 3. The molecule has 3 aromatic heterocycles. The summed E-state index contributed by atoms with van der Waals surface area (Å²) in [4.78, 5) is 33.2. The van der Waals surface area contributed by atoms with E-state index in [9.17, 15) is 9.59 Å². The first-order valence-corrected chi connectivity index (χ1v) is 15.1. The van der Waals surface area contributed by atoms with Gasteiger partial charge in [-0.2, -0.15) is 5.10 Å². The fourth-order valence-electron chi connectivity index (χ4n) is 5.62. The molecule has 1 atom stereocenters. The molecule has 3 aromatic carbocycles. The van der Waals surface area contributed by atoms with Gasteiger partial charge in [0, 0.05) is 17.5 Å². The lowest BCUT2D eigenvalue weighted by atomic mass is 9.97. The van der Waals surface area contributed by atoms with E-state index in [2.05, 4.69) is 32.6 Å². The summed E-state index contributed by atoms with van der Waals surface area (Å²) in [6.45, 7) is 7.49. The highest BCUT2D eigenvalue weighted by Crippen LogP contribution is 2.36. The lowest BCUT2D eigenvalue weighted by Gasteiger charge is -2.21. The van der Waals surface area contributed by atoms with Gasteiger partial charge < -0.3 is 4.74 Å². The molecule has 0 amide bonds. The molecule has 45 heavy (non-hydrogen) atoms. The standard InChI is InChI=1S/C34H34N8O3/c1-5-6-20-28-35-29-22(4)38-42(30(34(44)45-21(2)3)23-14-8-7-9-15-23)33(43)31(29)41(28)27-19-13-12-17-25(27)24-16-10-11-18-26(24)32-36-39-40-37-32/h7-19,21,30H,5-6,20H2,1-4H3,(H,36,37,39,40). The number of ether oxygens (including phenoxy) is 1. The van der Waals surface area contributed by atoms with Gasteiger partial charge in [0.2, 0.25) is 0 Å². The average molecular weight is 603 g/mol. The summed E-state index contributed by atoms with van der Waals surface area (Å²) >= 11 is 0. The van der Waals surface area contributed by atoms with E-state index in [1.807, 2.05) is 78.2 Å². The molecule has 0 radical (unpaired) electrons. The molecule has 228 valence electrons. The predicted octanol–water partition coefficient (Wildman–Crippen LogP) is 5.62. The van der Waals surface area contributed by atoms with Crippen LogP contribution in [-0.4, -0.2) is 52.0 Å². The zero-order valence-corrected chi connectivity index (χ0v) is 25.6. The second-order valence-corrected chi connectivity index (χ2v) is 11.1. The van der Waals surface area contributed by atoms with Crippen molar-refractivity contribution < 1.29 is 9.53 Å². The molecule has 0 spiro atoms. The van der Waals surface area contributed by atoms with E-state index in [-0.39, 0.29) is 6.10 Å². The van der Waals surface area contributed by atoms with Gasteiger partial charge in [0.05, 0.1) is 17.5 Å². The summed E-state index contributed by atoms with van der Waals surface area (Å²) < 4.78 is 8.82. The third-order valence-corrected chi connectivity index (χ3v) is 7.61. The number of aryl methyl sites for hydroxylation is 2. The number of hydrogen-bond donors (Lipinski definition) is 1. The van der Waals surface area contributed by atoms with Crippen molar-refractivity contribution in [2.75, 3.05) is 0 Å². The molecule has 3 heterocycles. The average Bonchev–Trinajstić information content (AvgIpc) is 3.72. The van der Waals surface area contributed by atoms with Crippen molar-refractivity contribution in [3.05, 3.63) is 106 Å². The zero-order valence-electron chi connectivity index (χ0n) is 25.6. The van der Waals surface area contributed by atoms with E-state index in [0.717, 1.165) is 41.0 Å². The minimum atomic E-state index is -1.08. The summed E-state index contributed by atoms with van der Waals surface area (Å²) in [6, 6.07) is 23.7. The number of rotatable bonds is 10. The van der Waals surface area contributed by atoms with Crippen LogP contribution in [0.1, 0.15) is 56.7 Å². The SMILES string of the molecule is CCCCc1nc2c(C)nn(C(C(=O)OC(C)C)c3ccccc3)c(=O)c2n1-c1ccccc1-c1ccccc1-c1nnn[nH]1. The van der Waals surface area contributed by atoms with Gasteiger partial charge in [0.15, 0.2) is 11.9 Å². The number of carbonyl (C=O) groups is 1. The lowest BCUT2D eigenvalue weighted by molar-refractivity contribution is -0.150. The third-order valence-electron chi connectivity index (χ3n) is 7.61. The molecule has 0 fully saturated rings. The van der Waals surface area contributed by atoms with Crippen LogP contribution in [0.3, 0.4) is 0 Å². The number of fused-ring (bicyclic) bond motifs is 1. The molecule has 0 saturated heterocycles. The molecule has 0 saturated carbocycles. The van der Waals surface area contributed by atoms with Gasteiger partial charge in [-0.05, 0) is 54.8 Å². The maximum Gasteiger partial charge on any atom is 0.335 e. The minimum Gasteiger partial charge on any atom is -0.461 e. The number of aromatic amines is 1. The van der Waals surface area contributed by atoms with Crippen LogP contribution in [0.2, 0.25) is 0 Å². The Bertz CT molecular complexity index is 2010. The number of H-pyrrole nitrogens is 1. The van der Waals surface area contributed by atoms with Crippen molar-refractivity contribution in [2.45, 2.75) is 59.1 Å². The molecule has 0 aliphatic rings. The van der Waals surface area contributed by atoms with Crippen molar-refractivity contribution in [1.29, 1.82) is 0 Å². The molecule has 6 aromatic rings. The van der Waals surface area contributed by atoms with Gasteiger partial charge >= 0.3 is 5.97 Å². The van der Waals surface area contributed by atoms with Gasteiger partial charge in [-0.15, -0.1) is 5.10 Å². The molecule has 1 N–H and O–H groups in total. The summed E-state index contributed by atoms with van der Waals surface area (Å²) in [5.41, 5.74) is 4.85. The number of nitrogens with zero attached hydrogens (tertiary/aromatic N) is 7. The highest BCUT2D eigenvalue weighted by molar-refractivity contribution is 5.88. The Balaban J connectivity index is 1.65. The van der Waals surface area contributed by atoms with E-state index in [4.69, 9.17) is 9.72 Å². The van der Waals surface area contributed by atoms with E-state index >= 15 is 0 Å². The fraction of sp³-hybridized carbons (Fsp3) is 0.265. The number of esters is 1. The Hall–Kier alpha value is -5.45.